The molecule has 0 spiro atoms. The number of nitrogens with one attached hydrogen (secondary N) is 1. The second-order valence-corrected chi connectivity index (χ2v) is 7.22. The van der Waals surface area contributed by atoms with E-state index in [-0.39, 0.29) is 23.5 Å². The van der Waals surface area contributed by atoms with E-state index in [0.29, 0.717) is 12.2 Å². The van der Waals surface area contributed by atoms with Gasteiger partial charge in [0.1, 0.15) is 6.07 Å². The largest absolute Gasteiger partial charge is 0.380 e. The molecular weight excluding hydrogens is 356 g/mol. The Bertz CT molecular complexity index is 866. The average Bonchev–Trinajstić information content (AvgIpc) is 2.66. The van der Waals surface area contributed by atoms with Crippen LogP contribution in [-0.2, 0) is 17.8 Å². The molecule has 146 valence electrons. The van der Waals surface area contributed by atoms with Crippen LogP contribution in [0, 0.1) is 21.4 Å². The third-order valence-corrected chi connectivity index (χ3v) is 4.74. The van der Waals surface area contributed by atoms with Crippen molar-refractivity contribution in [3.8, 4) is 6.07 Å². The molecule has 1 N–H and O–H groups in total. The molecule has 2 aromatic carbocycles. The number of nitriles is 1. The van der Waals surface area contributed by atoms with Gasteiger partial charge in [-0.25, -0.2) is 0 Å². The van der Waals surface area contributed by atoms with Crippen molar-refractivity contribution in [2.24, 2.45) is 0 Å². The maximum Gasteiger partial charge on any atom is 0.270 e. The summed E-state index contributed by atoms with van der Waals surface area (Å²) in [7, 11) is 0. The molecule has 1 aliphatic rings. The lowest BCUT2D eigenvalue weighted by Gasteiger charge is -2.35. The summed E-state index contributed by atoms with van der Waals surface area (Å²) in [5.74, 6) is 0. The third kappa shape index (κ3) is 5.06. The number of non-ortho nitro benzene ring substituents is 1. The van der Waals surface area contributed by atoms with Gasteiger partial charge < -0.3 is 10.1 Å². The van der Waals surface area contributed by atoms with Gasteiger partial charge in [0.15, 0.2) is 0 Å². The lowest BCUT2D eigenvalue weighted by atomic mass is 10.1. The van der Waals surface area contributed by atoms with E-state index in [0.717, 1.165) is 25.2 Å². The molecule has 7 heteroatoms. The molecule has 1 heterocycles. The highest BCUT2D eigenvalue weighted by molar-refractivity contribution is 5.61. The Kier molecular flexibility index (Phi) is 6.24. The van der Waals surface area contributed by atoms with Gasteiger partial charge in [-0.05, 0) is 31.0 Å². The van der Waals surface area contributed by atoms with Crippen LogP contribution in [0.2, 0.25) is 0 Å². The molecule has 1 saturated heterocycles. The number of nitrogens with zero attached hydrogens (tertiary/aromatic N) is 3. The van der Waals surface area contributed by atoms with Crippen LogP contribution < -0.4 is 5.32 Å². The highest BCUT2D eigenvalue weighted by atomic mass is 16.6. The zero-order valence-electron chi connectivity index (χ0n) is 16.1. The topological polar surface area (TPSA) is 91.4 Å². The molecule has 0 unspecified atom stereocenters. The van der Waals surface area contributed by atoms with Crippen molar-refractivity contribution >= 4 is 11.4 Å². The lowest BCUT2D eigenvalue weighted by molar-refractivity contribution is -0.384. The van der Waals surface area contributed by atoms with Gasteiger partial charge in [-0.15, -0.1) is 0 Å². The maximum absolute atomic E-state index is 10.8. The SMILES string of the molecule is C[C@@H]1CN(Cc2ccc(CNc3ccc([N+](=O)[O-])cc3C#N)cc2)C[C@H](C)O1. The van der Waals surface area contributed by atoms with Crippen molar-refractivity contribution in [3.05, 3.63) is 69.3 Å². The van der Waals surface area contributed by atoms with E-state index in [1.807, 2.05) is 6.07 Å². The van der Waals surface area contributed by atoms with Gasteiger partial charge in [-0.2, -0.15) is 5.26 Å². The fraction of sp³-hybridized carbons (Fsp3) is 0.381. The summed E-state index contributed by atoms with van der Waals surface area (Å²) >= 11 is 0. The first-order valence-electron chi connectivity index (χ1n) is 9.32. The summed E-state index contributed by atoms with van der Waals surface area (Å²) in [6.07, 6.45) is 0.506. The van der Waals surface area contributed by atoms with Crippen LogP contribution >= 0.6 is 0 Å². The quantitative estimate of drug-likeness (QED) is 0.607. The van der Waals surface area contributed by atoms with Gasteiger partial charge in [0.05, 0.1) is 28.4 Å². The molecule has 0 aliphatic carbocycles. The highest BCUT2D eigenvalue weighted by Crippen LogP contribution is 2.22. The molecule has 0 radical (unpaired) electrons. The minimum Gasteiger partial charge on any atom is -0.380 e. The summed E-state index contributed by atoms with van der Waals surface area (Å²) in [6.45, 7) is 7.51. The average molecular weight is 380 g/mol. The summed E-state index contributed by atoms with van der Waals surface area (Å²) < 4.78 is 5.78. The van der Waals surface area contributed by atoms with Crippen molar-refractivity contribution in [2.45, 2.75) is 39.1 Å². The Hall–Kier alpha value is -2.95. The van der Waals surface area contributed by atoms with Crippen LogP contribution in [0.15, 0.2) is 42.5 Å². The number of nitro groups is 1. The molecule has 0 bridgehead atoms. The number of benzene rings is 2. The molecule has 1 aliphatic heterocycles. The highest BCUT2D eigenvalue weighted by Gasteiger charge is 2.21. The second-order valence-electron chi connectivity index (χ2n) is 7.22. The van der Waals surface area contributed by atoms with E-state index in [1.165, 1.54) is 17.7 Å². The number of anilines is 1. The number of nitro benzene ring substituents is 1. The zero-order chi connectivity index (χ0) is 20.1. The van der Waals surface area contributed by atoms with Crippen molar-refractivity contribution in [1.82, 2.24) is 4.90 Å². The predicted molar refractivity (Wildman–Crippen MR) is 107 cm³/mol. The first kappa shape index (κ1) is 19.8. The maximum atomic E-state index is 10.8. The van der Waals surface area contributed by atoms with Gasteiger partial charge in [-0.3, -0.25) is 15.0 Å². The summed E-state index contributed by atoms with van der Waals surface area (Å²) in [6, 6.07) is 14.6. The third-order valence-electron chi connectivity index (χ3n) is 4.74. The molecule has 28 heavy (non-hydrogen) atoms. The van der Waals surface area contributed by atoms with E-state index >= 15 is 0 Å². The summed E-state index contributed by atoms with van der Waals surface area (Å²) in [5, 5.41) is 23.2. The lowest BCUT2D eigenvalue weighted by Crippen LogP contribution is -2.44. The van der Waals surface area contributed by atoms with Crippen LogP contribution in [0.4, 0.5) is 11.4 Å². The van der Waals surface area contributed by atoms with Gasteiger partial charge >= 0.3 is 0 Å². The first-order chi connectivity index (χ1) is 13.4. The smallest absolute Gasteiger partial charge is 0.270 e. The summed E-state index contributed by atoms with van der Waals surface area (Å²) in [4.78, 5) is 12.7. The Morgan fingerprint density at radius 1 is 1.18 bits per heavy atom. The Morgan fingerprint density at radius 2 is 1.82 bits per heavy atom. The standard InChI is InChI=1S/C21H24N4O3/c1-15-12-24(13-16(2)28-15)14-18-5-3-17(4-6-18)11-23-21-8-7-20(25(26)27)9-19(21)10-22/h3-9,15-16,23H,11-14H2,1-2H3/t15-,16+. The number of rotatable bonds is 6. The minimum absolute atomic E-state index is 0.0850. The van der Waals surface area contributed by atoms with Gasteiger partial charge in [-0.1, -0.05) is 24.3 Å². The fourth-order valence-electron chi connectivity index (χ4n) is 3.52. The molecule has 2 atom stereocenters. The Morgan fingerprint density at radius 3 is 2.43 bits per heavy atom. The normalized spacial score (nSPS) is 19.8. The van der Waals surface area contributed by atoms with E-state index in [1.54, 1.807) is 6.07 Å². The van der Waals surface area contributed by atoms with Crippen LogP contribution in [0.3, 0.4) is 0 Å². The molecule has 3 rings (SSSR count). The molecule has 2 aromatic rings. The molecule has 0 amide bonds. The summed E-state index contributed by atoms with van der Waals surface area (Å²) in [5.41, 5.74) is 3.10. The molecule has 7 nitrogen and oxygen atoms in total. The van der Waals surface area contributed by atoms with Gasteiger partial charge in [0.2, 0.25) is 0 Å². The molecule has 0 saturated carbocycles. The monoisotopic (exact) mass is 380 g/mol. The van der Waals surface area contributed by atoms with Gasteiger partial charge in [0, 0.05) is 38.3 Å². The first-order valence-corrected chi connectivity index (χ1v) is 9.32. The van der Waals surface area contributed by atoms with E-state index < -0.39 is 4.92 Å². The van der Waals surface area contributed by atoms with Crippen LogP contribution in [-0.4, -0.2) is 35.1 Å². The van der Waals surface area contributed by atoms with E-state index in [4.69, 9.17) is 4.74 Å². The number of hydrogen-bond donors (Lipinski definition) is 1. The number of ether oxygens (including phenoxy) is 1. The predicted octanol–water partition coefficient (Wildman–Crippen LogP) is 3.69. The Labute approximate surface area is 164 Å². The van der Waals surface area contributed by atoms with Crippen molar-refractivity contribution in [2.75, 3.05) is 18.4 Å². The molecule has 1 fully saturated rings. The van der Waals surface area contributed by atoms with Crippen LogP contribution in [0.5, 0.6) is 0 Å². The number of hydrogen-bond acceptors (Lipinski definition) is 6. The van der Waals surface area contributed by atoms with E-state index in [9.17, 15) is 15.4 Å². The molecule has 0 aromatic heterocycles. The minimum atomic E-state index is -0.501. The second kappa shape index (κ2) is 8.83. The van der Waals surface area contributed by atoms with Gasteiger partial charge in [0.25, 0.3) is 5.69 Å². The Balaban J connectivity index is 1.59. The van der Waals surface area contributed by atoms with E-state index in [2.05, 4.69) is 48.3 Å². The van der Waals surface area contributed by atoms with Crippen molar-refractivity contribution in [1.29, 1.82) is 5.26 Å². The van der Waals surface area contributed by atoms with Crippen LogP contribution in [0.1, 0.15) is 30.5 Å². The van der Waals surface area contributed by atoms with Crippen molar-refractivity contribution in [3.63, 3.8) is 0 Å². The molecular formula is C21H24N4O3. The zero-order valence-corrected chi connectivity index (χ0v) is 16.1. The number of morpholine rings is 1. The fourth-order valence-corrected chi connectivity index (χ4v) is 3.52. The van der Waals surface area contributed by atoms with Crippen LogP contribution in [0.25, 0.3) is 0 Å². The van der Waals surface area contributed by atoms with Crippen molar-refractivity contribution < 1.29 is 9.66 Å².